The van der Waals surface area contributed by atoms with Crippen LogP contribution in [0.4, 0.5) is 0 Å². The third-order valence-corrected chi connectivity index (χ3v) is 3.26. The summed E-state index contributed by atoms with van der Waals surface area (Å²) in [7, 11) is 4.22. The van der Waals surface area contributed by atoms with E-state index in [0.717, 1.165) is 6.42 Å². The molecule has 2 aromatic carbocycles. The zero-order valence-corrected chi connectivity index (χ0v) is 10.9. The number of allylic oxidation sites excluding steroid dienone is 1. The molecule has 0 fully saturated rings. The Hall–Kier alpha value is -1.24. The first-order valence-corrected chi connectivity index (χ1v) is 5.66. The van der Waals surface area contributed by atoms with Crippen molar-refractivity contribution in [3.05, 3.63) is 53.6 Å². The molecule has 1 aliphatic carbocycles. The van der Waals surface area contributed by atoms with E-state index in [0.29, 0.717) is 0 Å². The molecule has 91 valence electrons. The minimum atomic E-state index is 0. The molecule has 0 N–H and O–H groups in total. The minimum Gasteiger partial charge on any atom is -0.377 e. The molecule has 17 heavy (non-hydrogen) atoms. The van der Waals surface area contributed by atoms with E-state index in [9.17, 15) is 0 Å². The molecule has 0 aromatic heterocycles. The summed E-state index contributed by atoms with van der Waals surface area (Å²) in [6.45, 7) is 0. The van der Waals surface area contributed by atoms with Crippen LogP contribution >= 0.6 is 0 Å². The van der Waals surface area contributed by atoms with Crippen LogP contribution < -0.4 is 0 Å². The summed E-state index contributed by atoms with van der Waals surface area (Å²) < 4.78 is 0. The van der Waals surface area contributed by atoms with Crippen LogP contribution in [0, 0.1) is 0 Å². The van der Waals surface area contributed by atoms with Gasteiger partial charge < -0.3 is 4.90 Å². The first-order valence-electron chi connectivity index (χ1n) is 5.66. The van der Waals surface area contributed by atoms with Crippen molar-refractivity contribution in [3.63, 3.8) is 0 Å². The monoisotopic (exact) mass is 272 g/mol. The van der Waals surface area contributed by atoms with Crippen LogP contribution in [-0.2, 0) is 23.5 Å². The standard InChI is InChI=1S/C15H15N.Cu/c1-16(2)14-10-9-12-6-3-5-11-7-4-8-13(14)15(11)12;/h3-8,10H,9H2,1-2H3;. The van der Waals surface area contributed by atoms with Gasteiger partial charge in [-0.05, 0) is 22.8 Å². The predicted molar refractivity (Wildman–Crippen MR) is 69.3 cm³/mol. The van der Waals surface area contributed by atoms with Crippen LogP contribution in [-0.4, -0.2) is 19.0 Å². The van der Waals surface area contributed by atoms with Gasteiger partial charge in [0.25, 0.3) is 0 Å². The summed E-state index contributed by atoms with van der Waals surface area (Å²) in [4.78, 5) is 2.20. The van der Waals surface area contributed by atoms with Crippen molar-refractivity contribution >= 4 is 16.5 Å². The fraction of sp³-hybridized carbons (Fsp3) is 0.200. The molecular weight excluding hydrogens is 258 g/mol. The van der Waals surface area contributed by atoms with E-state index in [1.165, 1.54) is 27.6 Å². The fourth-order valence-electron chi connectivity index (χ4n) is 2.54. The van der Waals surface area contributed by atoms with E-state index in [2.05, 4.69) is 61.5 Å². The first kappa shape index (κ1) is 12.2. The van der Waals surface area contributed by atoms with Crippen LogP contribution in [0.5, 0.6) is 0 Å². The fourth-order valence-corrected chi connectivity index (χ4v) is 2.54. The van der Waals surface area contributed by atoms with Crippen molar-refractivity contribution < 1.29 is 17.1 Å². The Morgan fingerprint density at radius 2 is 1.71 bits per heavy atom. The molecule has 1 nitrogen and oxygen atoms in total. The maximum atomic E-state index is 2.32. The molecule has 3 rings (SSSR count). The van der Waals surface area contributed by atoms with E-state index in [1.54, 1.807) is 0 Å². The van der Waals surface area contributed by atoms with E-state index >= 15 is 0 Å². The molecule has 0 heterocycles. The van der Waals surface area contributed by atoms with Crippen molar-refractivity contribution in [2.75, 3.05) is 14.1 Å². The first-order chi connectivity index (χ1) is 7.77. The number of nitrogens with zero attached hydrogens (tertiary/aromatic N) is 1. The van der Waals surface area contributed by atoms with Crippen LogP contribution in [0.25, 0.3) is 16.5 Å². The zero-order chi connectivity index (χ0) is 11.1. The molecule has 0 aliphatic heterocycles. The number of benzene rings is 2. The van der Waals surface area contributed by atoms with E-state index in [4.69, 9.17) is 0 Å². The van der Waals surface area contributed by atoms with Crippen LogP contribution in [0.2, 0.25) is 0 Å². The summed E-state index contributed by atoms with van der Waals surface area (Å²) in [5.41, 5.74) is 4.15. The average Bonchev–Trinajstić information content (AvgIpc) is 2.30. The third kappa shape index (κ3) is 1.88. The summed E-state index contributed by atoms with van der Waals surface area (Å²) in [6.07, 6.45) is 3.36. The molecule has 0 spiro atoms. The SMILES string of the molecule is CN(C)C1=CCc2cccc3cccc1c23.[Cu]. The topological polar surface area (TPSA) is 3.24 Å². The summed E-state index contributed by atoms with van der Waals surface area (Å²) in [5.74, 6) is 0. The molecule has 1 radical (unpaired) electrons. The Morgan fingerprint density at radius 3 is 2.41 bits per heavy atom. The van der Waals surface area contributed by atoms with E-state index in [-0.39, 0.29) is 17.1 Å². The molecule has 0 bridgehead atoms. The Morgan fingerprint density at radius 1 is 1.00 bits per heavy atom. The van der Waals surface area contributed by atoms with E-state index < -0.39 is 0 Å². The second-order valence-electron chi connectivity index (χ2n) is 4.51. The van der Waals surface area contributed by atoms with Crippen molar-refractivity contribution in [2.24, 2.45) is 0 Å². The number of hydrogen-bond donors (Lipinski definition) is 0. The summed E-state index contributed by atoms with van der Waals surface area (Å²) in [6, 6.07) is 13.1. The maximum absolute atomic E-state index is 2.32. The normalized spacial score (nSPS) is 12.9. The maximum Gasteiger partial charge on any atom is 0.0403 e. The molecule has 0 saturated carbocycles. The quantitative estimate of drug-likeness (QED) is 0.720. The molecule has 2 aromatic rings. The van der Waals surface area contributed by atoms with Gasteiger partial charge in [0.1, 0.15) is 0 Å². The summed E-state index contributed by atoms with van der Waals surface area (Å²) >= 11 is 0. The average molecular weight is 273 g/mol. The molecular formula is C15H15CuN. The molecule has 1 aliphatic rings. The van der Waals surface area contributed by atoms with Gasteiger partial charge in [0.2, 0.25) is 0 Å². The van der Waals surface area contributed by atoms with Gasteiger partial charge in [0.15, 0.2) is 0 Å². The van der Waals surface area contributed by atoms with Gasteiger partial charge in [-0.15, -0.1) is 0 Å². The van der Waals surface area contributed by atoms with Crippen LogP contribution in [0.15, 0.2) is 42.5 Å². The van der Waals surface area contributed by atoms with Crippen molar-refractivity contribution in [3.8, 4) is 0 Å². The number of hydrogen-bond acceptors (Lipinski definition) is 1. The van der Waals surface area contributed by atoms with Crippen LogP contribution in [0.1, 0.15) is 11.1 Å². The Balaban J connectivity index is 0.00000108. The van der Waals surface area contributed by atoms with Crippen LogP contribution in [0.3, 0.4) is 0 Å². The van der Waals surface area contributed by atoms with E-state index in [1.807, 2.05) is 0 Å². The van der Waals surface area contributed by atoms with Gasteiger partial charge >= 0.3 is 0 Å². The molecule has 0 unspecified atom stereocenters. The van der Waals surface area contributed by atoms with Crippen molar-refractivity contribution in [1.82, 2.24) is 4.90 Å². The second-order valence-corrected chi connectivity index (χ2v) is 4.51. The predicted octanol–water partition coefficient (Wildman–Crippen LogP) is 3.30. The second kappa shape index (κ2) is 4.56. The van der Waals surface area contributed by atoms with Gasteiger partial charge in [0, 0.05) is 42.4 Å². The third-order valence-electron chi connectivity index (χ3n) is 3.26. The molecule has 0 saturated heterocycles. The zero-order valence-electron chi connectivity index (χ0n) is 10.00. The van der Waals surface area contributed by atoms with Gasteiger partial charge in [-0.2, -0.15) is 0 Å². The van der Waals surface area contributed by atoms with Gasteiger partial charge in [0.05, 0.1) is 0 Å². The Kier molecular flexibility index (Phi) is 3.28. The Bertz CT molecular complexity index is 579. The smallest absolute Gasteiger partial charge is 0.0403 e. The minimum absolute atomic E-state index is 0. The Labute approximate surface area is 113 Å². The summed E-state index contributed by atoms with van der Waals surface area (Å²) in [5, 5.41) is 2.78. The molecule has 2 heteroatoms. The molecule has 0 amide bonds. The van der Waals surface area contributed by atoms with Gasteiger partial charge in [-0.25, -0.2) is 0 Å². The van der Waals surface area contributed by atoms with Gasteiger partial charge in [-0.1, -0.05) is 42.5 Å². The van der Waals surface area contributed by atoms with Crippen molar-refractivity contribution in [1.29, 1.82) is 0 Å². The largest absolute Gasteiger partial charge is 0.377 e. The molecule has 0 atom stereocenters. The van der Waals surface area contributed by atoms with Crippen molar-refractivity contribution in [2.45, 2.75) is 6.42 Å². The van der Waals surface area contributed by atoms with Gasteiger partial charge in [-0.3, -0.25) is 0 Å². The number of rotatable bonds is 1.